The molecule has 7 nitrogen and oxygen atoms in total. The fourth-order valence-corrected chi connectivity index (χ4v) is 4.46. The number of carbonyl (C=O) groups excluding carboxylic acids is 2. The summed E-state index contributed by atoms with van der Waals surface area (Å²) in [4.78, 5) is 31.5. The predicted octanol–water partition coefficient (Wildman–Crippen LogP) is 4.19. The normalized spacial score (nSPS) is 19.6. The number of aliphatic hydroxyl groups is 1. The average molecular weight is 455 g/mol. The van der Waals surface area contributed by atoms with E-state index in [1.807, 2.05) is 0 Å². The highest BCUT2D eigenvalue weighted by atomic mass is 35.5. The van der Waals surface area contributed by atoms with Crippen molar-refractivity contribution >= 4 is 45.5 Å². The van der Waals surface area contributed by atoms with Gasteiger partial charge >= 0.3 is 5.91 Å². The minimum atomic E-state index is -0.850. The first-order chi connectivity index (χ1) is 15.0. The molecule has 0 aliphatic carbocycles. The molecule has 0 saturated carbocycles. The third-order valence-electron chi connectivity index (χ3n) is 5.07. The van der Waals surface area contributed by atoms with Gasteiger partial charge in [-0.2, -0.15) is 0 Å². The lowest BCUT2D eigenvalue weighted by atomic mass is 9.95. The lowest BCUT2D eigenvalue weighted by Gasteiger charge is -2.23. The Bertz CT molecular complexity index is 1210. The van der Waals surface area contributed by atoms with Crippen LogP contribution in [0.3, 0.4) is 0 Å². The number of carbonyl (C=O) groups is 2. The van der Waals surface area contributed by atoms with E-state index in [9.17, 15) is 14.7 Å². The number of halogens is 1. The summed E-state index contributed by atoms with van der Waals surface area (Å²) in [6.07, 6.45) is 1.55. The molecule has 0 unspecified atom stereocenters. The van der Waals surface area contributed by atoms with Crippen LogP contribution in [0.25, 0.3) is 5.76 Å². The molecule has 3 heterocycles. The van der Waals surface area contributed by atoms with Gasteiger partial charge in [-0.3, -0.25) is 14.5 Å². The molecule has 156 valence electrons. The maximum Gasteiger partial charge on any atom is 0.301 e. The van der Waals surface area contributed by atoms with Gasteiger partial charge in [-0.25, -0.2) is 4.98 Å². The molecule has 5 rings (SSSR count). The molecule has 0 bridgehead atoms. The number of thiazole rings is 1. The van der Waals surface area contributed by atoms with Gasteiger partial charge in [0.05, 0.1) is 11.6 Å². The standard InChI is InChI=1S/C22H15ClN2O5S/c23-14-4-1-12(2-5-14)18-17(20(27)21(28)25(18)22-24-7-10-31-22)19(26)13-3-6-15-16(11-13)30-9-8-29-15/h1-7,10-11,18,26H,8-9H2/t18-/m0/s1. The van der Waals surface area contributed by atoms with Gasteiger partial charge in [0, 0.05) is 22.2 Å². The van der Waals surface area contributed by atoms with E-state index in [2.05, 4.69) is 4.98 Å². The summed E-state index contributed by atoms with van der Waals surface area (Å²) in [6, 6.07) is 10.8. The van der Waals surface area contributed by atoms with Crippen LogP contribution in [0.1, 0.15) is 17.2 Å². The molecule has 0 radical (unpaired) electrons. The maximum atomic E-state index is 13.1. The van der Waals surface area contributed by atoms with Gasteiger partial charge in [-0.15, -0.1) is 11.3 Å². The Labute approximate surface area is 186 Å². The topological polar surface area (TPSA) is 89.0 Å². The molecule has 1 aromatic heterocycles. The highest BCUT2D eigenvalue weighted by Crippen LogP contribution is 2.43. The second-order valence-electron chi connectivity index (χ2n) is 6.89. The van der Waals surface area contributed by atoms with Gasteiger partial charge in [0.15, 0.2) is 16.6 Å². The van der Waals surface area contributed by atoms with Crippen LogP contribution < -0.4 is 14.4 Å². The van der Waals surface area contributed by atoms with E-state index >= 15 is 0 Å². The Balaban J connectivity index is 1.68. The summed E-state index contributed by atoms with van der Waals surface area (Å²) in [6.45, 7) is 0.824. The van der Waals surface area contributed by atoms with Crippen LogP contribution in [0, 0.1) is 0 Å². The van der Waals surface area contributed by atoms with Crippen LogP contribution >= 0.6 is 22.9 Å². The zero-order chi connectivity index (χ0) is 21.5. The molecule has 31 heavy (non-hydrogen) atoms. The van der Waals surface area contributed by atoms with Crippen LogP contribution in [0.4, 0.5) is 5.13 Å². The van der Waals surface area contributed by atoms with Crippen LogP contribution in [0.15, 0.2) is 59.6 Å². The molecule has 1 fully saturated rings. The van der Waals surface area contributed by atoms with Gasteiger partial charge in [-0.05, 0) is 35.9 Å². The fourth-order valence-electron chi connectivity index (χ4n) is 3.67. The number of rotatable bonds is 3. The summed E-state index contributed by atoms with van der Waals surface area (Å²) in [5.74, 6) is -0.821. The molecular formula is C22H15ClN2O5S. The first kappa shape index (κ1) is 19.6. The molecule has 1 amide bonds. The first-order valence-electron chi connectivity index (χ1n) is 9.40. The van der Waals surface area contributed by atoms with E-state index in [-0.39, 0.29) is 11.3 Å². The van der Waals surface area contributed by atoms with Gasteiger partial charge in [-0.1, -0.05) is 23.7 Å². The summed E-state index contributed by atoms with van der Waals surface area (Å²) in [5.41, 5.74) is 0.942. The van der Waals surface area contributed by atoms with Crippen LogP contribution in [0.5, 0.6) is 11.5 Å². The van der Waals surface area contributed by atoms with E-state index in [0.717, 1.165) is 0 Å². The third-order valence-corrected chi connectivity index (χ3v) is 6.09. The summed E-state index contributed by atoms with van der Waals surface area (Å²) in [7, 11) is 0. The SMILES string of the molecule is O=C1C(=O)N(c2nccs2)[C@@H](c2ccc(Cl)cc2)C1=C(O)c1ccc2c(c1)OCCO2. The number of aromatic nitrogens is 1. The number of fused-ring (bicyclic) bond motifs is 1. The minimum absolute atomic E-state index is 0.0285. The molecule has 1 atom stereocenters. The predicted molar refractivity (Wildman–Crippen MR) is 116 cm³/mol. The van der Waals surface area contributed by atoms with E-state index in [0.29, 0.717) is 46.0 Å². The van der Waals surface area contributed by atoms with Crippen molar-refractivity contribution < 1.29 is 24.2 Å². The van der Waals surface area contributed by atoms with Crippen molar-refractivity contribution in [2.75, 3.05) is 18.1 Å². The Morgan fingerprint density at radius 3 is 2.55 bits per heavy atom. The number of Topliss-reactive ketones (excluding diaryl/α,β-unsaturated/α-hetero) is 1. The highest BCUT2D eigenvalue weighted by molar-refractivity contribution is 7.14. The van der Waals surface area contributed by atoms with E-state index in [4.69, 9.17) is 21.1 Å². The number of ketones is 1. The van der Waals surface area contributed by atoms with E-state index in [1.165, 1.54) is 16.2 Å². The van der Waals surface area contributed by atoms with Crippen molar-refractivity contribution in [2.24, 2.45) is 0 Å². The summed E-state index contributed by atoms with van der Waals surface area (Å²) >= 11 is 7.26. The number of anilines is 1. The van der Waals surface area contributed by atoms with Gasteiger partial charge < -0.3 is 14.6 Å². The number of hydrogen-bond acceptors (Lipinski definition) is 7. The largest absolute Gasteiger partial charge is 0.507 e. The number of nitrogens with zero attached hydrogens (tertiary/aromatic N) is 2. The number of ether oxygens (including phenoxy) is 2. The zero-order valence-corrected chi connectivity index (χ0v) is 17.5. The monoisotopic (exact) mass is 454 g/mol. The number of benzene rings is 2. The van der Waals surface area contributed by atoms with E-state index < -0.39 is 17.7 Å². The van der Waals surface area contributed by atoms with E-state index in [1.54, 1.807) is 54.0 Å². The highest BCUT2D eigenvalue weighted by Gasteiger charge is 2.48. The maximum absolute atomic E-state index is 13.1. The number of aliphatic hydroxyl groups excluding tert-OH is 1. The molecule has 3 aromatic rings. The minimum Gasteiger partial charge on any atom is -0.507 e. The molecule has 1 N–H and O–H groups in total. The number of hydrogen-bond donors (Lipinski definition) is 1. The smallest absolute Gasteiger partial charge is 0.301 e. The van der Waals surface area contributed by atoms with Crippen molar-refractivity contribution in [3.8, 4) is 11.5 Å². The van der Waals surface area contributed by atoms with Gasteiger partial charge in [0.25, 0.3) is 5.78 Å². The quantitative estimate of drug-likeness (QED) is 0.362. The molecule has 2 aliphatic heterocycles. The first-order valence-corrected chi connectivity index (χ1v) is 10.7. The van der Waals surface area contributed by atoms with Crippen molar-refractivity contribution in [1.29, 1.82) is 0 Å². The molecule has 0 spiro atoms. The van der Waals surface area contributed by atoms with Crippen LogP contribution in [-0.2, 0) is 9.59 Å². The average Bonchev–Trinajstić information content (AvgIpc) is 3.40. The molecular weight excluding hydrogens is 440 g/mol. The second-order valence-corrected chi connectivity index (χ2v) is 8.20. The Kier molecular flexibility index (Phi) is 4.88. The molecule has 9 heteroatoms. The second kappa shape index (κ2) is 7.72. The van der Waals surface area contributed by atoms with Crippen molar-refractivity contribution in [3.05, 3.63) is 75.8 Å². The van der Waals surface area contributed by atoms with Gasteiger partial charge in [0.1, 0.15) is 19.0 Å². The van der Waals surface area contributed by atoms with Crippen LogP contribution in [0.2, 0.25) is 5.02 Å². The zero-order valence-electron chi connectivity index (χ0n) is 15.9. The molecule has 2 aliphatic rings. The van der Waals surface area contributed by atoms with Gasteiger partial charge in [0.2, 0.25) is 0 Å². The van der Waals surface area contributed by atoms with Crippen molar-refractivity contribution in [2.45, 2.75) is 6.04 Å². The lowest BCUT2D eigenvalue weighted by Crippen LogP contribution is -2.29. The third kappa shape index (κ3) is 3.34. The Hall–Kier alpha value is -3.36. The Morgan fingerprint density at radius 1 is 1.10 bits per heavy atom. The van der Waals surface area contributed by atoms with Crippen molar-refractivity contribution in [1.82, 2.24) is 4.98 Å². The molecule has 1 saturated heterocycles. The Morgan fingerprint density at radius 2 is 1.84 bits per heavy atom. The summed E-state index contributed by atoms with van der Waals surface area (Å²) in [5, 5.41) is 13.7. The lowest BCUT2D eigenvalue weighted by molar-refractivity contribution is -0.132. The van der Waals surface area contributed by atoms with Crippen LogP contribution in [-0.4, -0.2) is 35.0 Å². The number of amides is 1. The fraction of sp³-hybridized carbons (Fsp3) is 0.136. The van der Waals surface area contributed by atoms with Crippen molar-refractivity contribution in [3.63, 3.8) is 0 Å². The summed E-state index contributed by atoms with van der Waals surface area (Å²) < 4.78 is 11.1. The molecule has 2 aromatic carbocycles.